The maximum Gasteiger partial charge on any atom is 0.252 e. The first-order valence-electron chi connectivity index (χ1n) is 16.4. The van der Waals surface area contributed by atoms with Gasteiger partial charge >= 0.3 is 0 Å². The second kappa shape index (κ2) is 10.1. The summed E-state index contributed by atoms with van der Waals surface area (Å²) in [7, 11) is 0. The normalized spacial score (nSPS) is 14.2. The van der Waals surface area contributed by atoms with E-state index in [1.807, 2.05) is 0 Å². The molecule has 0 atom stereocenters. The molecule has 3 heteroatoms. The van der Waals surface area contributed by atoms with Crippen LogP contribution in [0.2, 0.25) is 0 Å². The molecule has 0 saturated heterocycles. The van der Waals surface area contributed by atoms with Crippen molar-refractivity contribution < 1.29 is 0 Å². The van der Waals surface area contributed by atoms with Crippen LogP contribution in [0.25, 0.3) is 0 Å². The van der Waals surface area contributed by atoms with Crippen molar-refractivity contribution in [2.45, 2.75) is 78.6 Å². The van der Waals surface area contributed by atoms with Gasteiger partial charge in [-0.05, 0) is 97.9 Å². The van der Waals surface area contributed by atoms with Crippen molar-refractivity contribution in [3.05, 3.63) is 126 Å². The molecule has 0 amide bonds. The van der Waals surface area contributed by atoms with Crippen LogP contribution in [0.5, 0.6) is 0 Å². The van der Waals surface area contributed by atoms with E-state index in [0.717, 1.165) is 0 Å². The van der Waals surface area contributed by atoms with Gasteiger partial charge in [-0.3, -0.25) is 0 Å². The van der Waals surface area contributed by atoms with E-state index < -0.39 is 0 Å². The quantitative estimate of drug-likeness (QED) is 0.186. The van der Waals surface area contributed by atoms with Crippen LogP contribution in [0.1, 0.15) is 79.0 Å². The Morgan fingerprint density at radius 1 is 0.400 bits per heavy atom. The minimum absolute atomic E-state index is 0.0293. The Morgan fingerprint density at radius 2 is 0.889 bits per heavy atom. The molecule has 0 aliphatic carbocycles. The van der Waals surface area contributed by atoms with Gasteiger partial charge < -0.3 is 9.80 Å². The summed E-state index contributed by atoms with van der Waals surface area (Å²) in [4.78, 5) is 5.04. The molecule has 0 N–H and O–H groups in total. The van der Waals surface area contributed by atoms with E-state index in [4.69, 9.17) is 0 Å². The lowest BCUT2D eigenvalue weighted by atomic mass is 9.33. The van der Waals surface area contributed by atoms with E-state index >= 15 is 0 Å². The summed E-state index contributed by atoms with van der Waals surface area (Å²) in [5.74, 6) is 0. The summed E-state index contributed by atoms with van der Waals surface area (Å²) in [6.07, 6.45) is 0. The molecule has 2 aliphatic heterocycles. The molecule has 226 valence electrons. The molecule has 45 heavy (non-hydrogen) atoms. The van der Waals surface area contributed by atoms with Gasteiger partial charge in [0.2, 0.25) is 0 Å². The van der Waals surface area contributed by atoms with Crippen molar-refractivity contribution in [1.29, 1.82) is 0 Å². The van der Waals surface area contributed by atoms with E-state index in [1.54, 1.807) is 0 Å². The molecule has 0 aromatic heterocycles. The molecule has 0 fully saturated rings. The van der Waals surface area contributed by atoms with Crippen molar-refractivity contribution in [2.24, 2.45) is 0 Å². The van der Waals surface area contributed by atoms with Crippen molar-refractivity contribution >= 4 is 57.2 Å². The molecule has 5 aromatic rings. The molecule has 5 aromatic carbocycles. The summed E-state index contributed by atoms with van der Waals surface area (Å²) < 4.78 is 0. The minimum atomic E-state index is -0.0293. The first kappa shape index (κ1) is 29.5. The van der Waals surface area contributed by atoms with Crippen LogP contribution in [0.15, 0.2) is 109 Å². The average Bonchev–Trinajstić information content (AvgIpc) is 2.99. The number of anilines is 6. The first-order chi connectivity index (χ1) is 21.2. The maximum atomic E-state index is 2.54. The third-order valence-electron chi connectivity index (χ3n) is 9.71. The highest BCUT2D eigenvalue weighted by Crippen LogP contribution is 2.46. The number of para-hydroxylation sites is 2. The van der Waals surface area contributed by atoms with Crippen molar-refractivity contribution in [2.75, 3.05) is 9.80 Å². The Morgan fingerprint density at radius 3 is 1.47 bits per heavy atom. The SMILES string of the molecule is CC(C)(C)c1ccc(N2c3ccc(C(C)(C)C)cc3B3c4ccccc4N(c4ccccc4)c4cc(C(C)(C)C)cc2c43)cc1. The van der Waals surface area contributed by atoms with Gasteiger partial charge in [0.05, 0.1) is 0 Å². The van der Waals surface area contributed by atoms with Crippen LogP contribution >= 0.6 is 0 Å². The summed E-state index contributed by atoms with van der Waals surface area (Å²) >= 11 is 0. The first-order valence-corrected chi connectivity index (χ1v) is 16.4. The van der Waals surface area contributed by atoms with Gasteiger partial charge in [-0.15, -0.1) is 0 Å². The van der Waals surface area contributed by atoms with Crippen molar-refractivity contribution in [1.82, 2.24) is 0 Å². The Balaban J connectivity index is 1.60. The number of hydrogen-bond acceptors (Lipinski definition) is 2. The van der Waals surface area contributed by atoms with Gasteiger partial charge in [0.1, 0.15) is 0 Å². The number of fused-ring (bicyclic) bond motifs is 4. The molecule has 0 unspecified atom stereocenters. The van der Waals surface area contributed by atoms with E-state index in [0.29, 0.717) is 0 Å². The zero-order valence-electron chi connectivity index (χ0n) is 28.4. The summed E-state index contributed by atoms with van der Waals surface area (Å²) in [6, 6.07) is 41.4. The molecular formula is C42H45BN2. The third-order valence-corrected chi connectivity index (χ3v) is 9.71. The van der Waals surface area contributed by atoms with E-state index in [-0.39, 0.29) is 23.0 Å². The highest BCUT2D eigenvalue weighted by Gasteiger charge is 2.44. The fraction of sp³-hybridized carbons (Fsp3) is 0.286. The molecule has 2 nitrogen and oxygen atoms in total. The van der Waals surface area contributed by atoms with E-state index in [2.05, 4.69) is 181 Å². The predicted octanol–water partition coefficient (Wildman–Crippen LogP) is 9.66. The fourth-order valence-corrected chi connectivity index (χ4v) is 7.09. The van der Waals surface area contributed by atoms with Crippen LogP contribution < -0.4 is 26.2 Å². The van der Waals surface area contributed by atoms with Crippen LogP contribution in [-0.2, 0) is 16.2 Å². The van der Waals surface area contributed by atoms with Crippen molar-refractivity contribution in [3.63, 3.8) is 0 Å². The van der Waals surface area contributed by atoms with Gasteiger partial charge in [-0.2, -0.15) is 0 Å². The fourth-order valence-electron chi connectivity index (χ4n) is 7.09. The average molecular weight is 589 g/mol. The Hall–Kier alpha value is -4.24. The summed E-state index contributed by atoms with van der Waals surface area (Å²) in [5.41, 5.74) is 15.7. The smallest absolute Gasteiger partial charge is 0.252 e. The highest BCUT2D eigenvalue weighted by atomic mass is 15.2. The summed E-state index contributed by atoms with van der Waals surface area (Å²) in [5, 5.41) is 0. The highest BCUT2D eigenvalue weighted by molar-refractivity contribution is 7.00. The Bertz CT molecular complexity index is 1900. The third kappa shape index (κ3) is 4.88. The lowest BCUT2D eigenvalue weighted by Crippen LogP contribution is -2.61. The molecule has 2 heterocycles. The van der Waals surface area contributed by atoms with Gasteiger partial charge in [0.15, 0.2) is 0 Å². The topological polar surface area (TPSA) is 6.48 Å². The predicted molar refractivity (Wildman–Crippen MR) is 197 cm³/mol. The zero-order chi connectivity index (χ0) is 31.9. The van der Waals surface area contributed by atoms with Crippen molar-refractivity contribution in [3.8, 4) is 0 Å². The van der Waals surface area contributed by atoms with Crippen LogP contribution in [-0.4, -0.2) is 6.71 Å². The van der Waals surface area contributed by atoms with Gasteiger partial charge in [0, 0.05) is 34.1 Å². The second-order valence-electron chi connectivity index (χ2n) is 16.0. The second-order valence-corrected chi connectivity index (χ2v) is 16.0. The minimum Gasteiger partial charge on any atom is -0.311 e. The van der Waals surface area contributed by atoms with Crippen LogP contribution in [0.4, 0.5) is 34.1 Å². The van der Waals surface area contributed by atoms with Crippen LogP contribution in [0.3, 0.4) is 0 Å². The molecular weight excluding hydrogens is 543 g/mol. The Kier molecular flexibility index (Phi) is 6.64. The molecule has 0 spiro atoms. The largest absolute Gasteiger partial charge is 0.311 e. The maximum absolute atomic E-state index is 2.54. The monoisotopic (exact) mass is 588 g/mol. The molecule has 0 bridgehead atoms. The molecule has 2 aliphatic rings. The zero-order valence-corrected chi connectivity index (χ0v) is 28.4. The number of hydrogen-bond donors (Lipinski definition) is 0. The number of rotatable bonds is 2. The van der Waals surface area contributed by atoms with Gasteiger partial charge in [-0.25, -0.2) is 0 Å². The standard InChI is InChI=1S/C42H45BN2/c1-40(2,3)28-19-22-32(23-20-28)45-36-24-21-29(41(4,5)6)25-34(36)43-33-17-13-14-18-35(33)44(31-15-11-10-12-16-31)37-26-30(42(7,8)9)27-38(45)39(37)43/h10-27H,1-9H3. The molecule has 0 radical (unpaired) electrons. The molecule has 0 saturated carbocycles. The van der Waals surface area contributed by atoms with Gasteiger partial charge in [-0.1, -0.05) is 123 Å². The summed E-state index contributed by atoms with van der Waals surface area (Å²) in [6.45, 7) is 20.9. The number of nitrogens with zero attached hydrogens (tertiary/aromatic N) is 2. The number of benzene rings is 5. The van der Waals surface area contributed by atoms with Gasteiger partial charge in [0.25, 0.3) is 6.71 Å². The lowest BCUT2D eigenvalue weighted by Gasteiger charge is -2.45. The molecule has 7 rings (SSSR count). The van der Waals surface area contributed by atoms with E-state index in [1.165, 1.54) is 67.2 Å². The van der Waals surface area contributed by atoms with E-state index in [9.17, 15) is 0 Å². The lowest BCUT2D eigenvalue weighted by molar-refractivity contribution is 0.589. The Labute approximate surface area is 270 Å². The van der Waals surface area contributed by atoms with Crippen LogP contribution in [0, 0.1) is 0 Å².